The second-order valence-electron chi connectivity index (χ2n) is 7.49. The van der Waals surface area contributed by atoms with Crippen LogP contribution < -0.4 is 10.5 Å². The number of aromatic amines is 1. The Morgan fingerprint density at radius 3 is 2.63 bits per heavy atom. The van der Waals surface area contributed by atoms with Gasteiger partial charge in [0.1, 0.15) is 12.1 Å². The highest BCUT2D eigenvalue weighted by atomic mass is 16.2. The van der Waals surface area contributed by atoms with E-state index in [0.717, 1.165) is 21.9 Å². The third kappa shape index (κ3) is 3.18. The van der Waals surface area contributed by atoms with Crippen LogP contribution >= 0.6 is 0 Å². The average molecular weight is 403 g/mol. The summed E-state index contributed by atoms with van der Waals surface area (Å²) in [5.41, 5.74) is 2.19. The number of carbonyl (C=O) groups excluding carboxylic acids is 1. The maximum Gasteiger partial charge on any atom is 0.291 e. The zero-order chi connectivity index (χ0) is 20.7. The zero-order valence-corrected chi connectivity index (χ0v) is 16.6. The lowest BCUT2D eigenvalue weighted by Gasteiger charge is -2.34. The Hall–Kier alpha value is -3.75. The van der Waals surface area contributed by atoms with Gasteiger partial charge in [0, 0.05) is 54.9 Å². The van der Waals surface area contributed by atoms with Crippen molar-refractivity contribution in [2.45, 2.75) is 13.5 Å². The molecule has 4 aromatic rings. The van der Waals surface area contributed by atoms with Crippen molar-refractivity contribution < 1.29 is 4.79 Å². The van der Waals surface area contributed by atoms with Gasteiger partial charge in [-0.1, -0.05) is 11.6 Å². The van der Waals surface area contributed by atoms with Crippen molar-refractivity contribution in [3.63, 3.8) is 0 Å². The first-order valence-electron chi connectivity index (χ1n) is 9.88. The van der Waals surface area contributed by atoms with Crippen molar-refractivity contribution in [2.75, 3.05) is 31.1 Å². The number of aryl methyl sites for hydroxylation is 1. The summed E-state index contributed by atoms with van der Waals surface area (Å²) in [6.45, 7) is 4.34. The van der Waals surface area contributed by atoms with Gasteiger partial charge >= 0.3 is 0 Å². The lowest BCUT2D eigenvalue weighted by molar-refractivity contribution is -0.132. The van der Waals surface area contributed by atoms with Gasteiger partial charge in [-0.25, -0.2) is 14.6 Å². The molecule has 0 bridgehead atoms. The molecule has 1 saturated heterocycles. The number of hydrogen-bond acceptors (Lipinski definition) is 6. The van der Waals surface area contributed by atoms with E-state index in [1.807, 2.05) is 30.0 Å². The first-order valence-corrected chi connectivity index (χ1v) is 9.88. The third-order valence-electron chi connectivity index (χ3n) is 5.52. The molecule has 1 N–H and O–H groups in total. The Labute approximate surface area is 172 Å². The second-order valence-corrected chi connectivity index (χ2v) is 7.49. The SMILES string of the molecule is Cc1ccc2[nH]c3c(=O)n(CC(=O)N4CCN(c5ncccn5)CC4)ncc3c2c1. The number of carbonyl (C=O) groups is 1. The fraction of sp³-hybridized carbons (Fsp3) is 0.286. The topological polar surface area (TPSA) is 100 Å². The zero-order valence-electron chi connectivity index (χ0n) is 16.6. The quantitative estimate of drug-likeness (QED) is 0.554. The molecule has 1 aliphatic rings. The summed E-state index contributed by atoms with van der Waals surface area (Å²) >= 11 is 0. The van der Waals surface area contributed by atoms with E-state index < -0.39 is 0 Å². The van der Waals surface area contributed by atoms with Crippen molar-refractivity contribution >= 4 is 33.7 Å². The predicted molar refractivity (Wildman–Crippen MR) is 113 cm³/mol. The minimum atomic E-state index is -0.286. The molecule has 0 radical (unpaired) electrons. The first-order chi connectivity index (χ1) is 14.6. The van der Waals surface area contributed by atoms with Crippen LogP contribution in [0, 0.1) is 6.92 Å². The molecule has 0 spiro atoms. The number of benzene rings is 1. The molecular formula is C21H21N7O2. The van der Waals surface area contributed by atoms with E-state index in [1.165, 1.54) is 4.68 Å². The molecule has 1 aromatic carbocycles. The van der Waals surface area contributed by atoms with Crippen LogP contribution in [0.3, 0.4) is 0 Å². The van der Waals surface area contributed by atoms with Gasteiger partial charge in [-0.3, -0.25) is 9.59 Å². The smallest absolute Gasteiger partial charge is 0.291 e. The molecule has 0 aliphatic carbocycles. The molecule has 3 aromatic heterocycles. The number of fused-ring (bicyclic) bond motifs is 3. The molecule has 4 heterocycles. The predicted octanol–water partition coefficient (Wildman–Crippen LogP) is 1.33. The molecule has 0 saturated carbocycles. The van der Waals surface area contributed by atoms with Crippen LogP contribution in [0.25, 0.3) is 21.8 Å². The molecule has 5 rings (SSSR count). The van der Waals surface area contributed by atoms with E-state index in [2.05, 4.69) is 20.1 Å². The highest BCUT2D eigenvalue weighted by Gasteiger charge is 2.23. The minimum absolute atomic E-state index is 0.0784. The Bertz CT molecular complexity index is 1290. The second kappa shape index (κ2) is 7.25. The number of amides is 1. The third-order valence-corrected chi connectivity index (χ3v) is 5.52. The number of nitrogens with zero attached hydrogens (tertiary/aromatic N) is 6. The molecule has 30 heavy (non-hydrogen) atoms. The fourth-order valence-electron chi connectivity index (χ4n) is 3.89. The summed E-state index contributed by atoms with van der Waals surface area (Å²) in [6, 6.07) is 7.75. The molecule has 1 amide bonds. The van der Waals surface area contributed by atoms with Gasteiger partial charge in [-0.05, 0) is 25.1 Å². The van der Waals surface area contributed by atoms with Crippen molar-refractivity contribution in [1.82, 2.24) is 29.6 Å². The van der Waals surface area contributed by atoms with Gasteiger partial charge in [-0.15, -0.1) is 0 Å². The molecule has 9 heteroatoms. The summed E-state index contributed by atoms with van der Waals surface area (Å²) in [6.07, 6.45) is 5.08. The lowest BCUT2D eigenvalue weighted by Crippen LogP contribution is -2.50. The van der Waals surface area contributed by atoms with Crippen LogP contribution in [0.2, 0.25) is 0 Å². The summed E-state index contributed by atoms with van der Waals surface area (Å²) in [7, 11) is 0. The molecule has 152 valence electrons. The lowest BCUT2D eigenvalue weighted by atomic mass is 10.1. The van der Waals surface area contributed by atoms with Gasteiger partial charge in [0.05, 0.1) is 6.20 Å². The Morgan fingerprint density at radius 1 is 1.10 bits per heavy atom. The summed E-state index contributed by atoms with van der Waals surface area (Å²) < 4.78 is 1.24. The summed E-state index contributed by atoms with van der Waals surface area (Å²) in [4.78, 5) is 41.2. The van der Waals surface area contributed by atoms with Gasteiger partial charge in [0.25, 0.3) is 5.56 Å². The van der Waals surface area contributed by atoms with E-state index in [9.17, 15) is 9.59 Å². The molecule has 0 atom stereocenters. The number of rotatable bonds is 3. The van der Waals surface area contributed by atoms with E-state index in [-0.39, 0.29) is 18.0 Å². The largest absolute Gasteiger partial charge is 0.350 e. The van der Waals surface area contributed by atoms with Crippen molar-refractivity contribution in [1.29, 1.82) is 0 Å². The number of aromatic nitrogens is 5. The summed E-state index contributed by atoms with van der Waals surface area (Å²) in [5.74, 6) is 0.548. The van der Waals surface area contributed by atoms with Gasteiger partial charge in [0.15, 0.2) is 0 Å². The Morgan fingerprint density at radius 2 is 1.87 bits per heavy atom. The molecule has 1 aliphatic heterocycles. The van der Waals surface area contributed by atoms with Crippen LogP contribution in [0.4, 0.5) is 5.95 Å². The van der Waals surface area contributed by atoms with Gasteiger partial charge < -0.3 is 14.8 Å². The van der Waals surface area contributed by atoms with E-state index in [0.29, 0.717) is 37.6 Å². The number of anilines is 1. The Balaban J connectivity index is 1.33. The van der Waals surface area contributed by atoms with Crippen LogP contribution in [0.1, 0.15) is 5.56 Å². The van der Waals surface area contributed by atoms with E-state index in [4.69, 9.17) is 0 Å². The van der Waals surface area contributed by atoms with Crippen LogP contribution in [0.5, 0.6) is 0 Å². The van der Waals surface area contributed by atoms with E-state index >= 15 is 0 Å². The molecule has 0 unspecified atom stereocenters. The number of piperazine rings is 1. The minimum Gasteiger partial charge on any atom is -0.350 e. The monoisotopic (exact) mass is 403 g/mol. The molecule has 9 nitrogen and oxygen atoms in total. The van der Waals surface area contributed by atoms with Gasteiger partial charge in [-0.2, -0.15) is 5.10 Å². The van der Waals surface area contributed by atoms with Crippen molar-refractivity contribution in [2.24, 2.45) is 0 Å². The molecular weight excluding hydrogens is 382 g/mol. The van der Waals surface area contributed by atoms with Crippen molar-refractivity contribution in [3.8, 4) is 0 Å². The standard InChI is InChI=1S/C21H21N7O2/c1-14-3-4-17-15(11-14)16-12-24-28(20(30)19(16)25-17)13-18(29)26-7-9-27(10-8-26)21-22-5-2-6-23-21/h2-6,11-12,25H,7-10,13H2,1H3. The normalized spacial score (nSPS) is 14.6. The van der Waals surface area contributed by atoms with Crippen molar-refractivity contribution in [3.05, 3.63) is 58.8 Å². The highest BCUT2D eigenvalue weighted by molar-refractivity contribution is 6.06. The number of H-pyrrole nitrogens is 1. The fourth-order valence-corrected chi connectivity index (χ4v) is 3.89. The first kappa shape index (κ1) is 18.3. The van der Waals surface area contributed by atoms with E-state index in [1.54, 1.807) is 29.6 Å². The Kier molecular flexibility index (Phi) is 4.42. The van der Waals surface area contributed by atoms with Crippen LogP contribution in [0.15, 0.2) is 47.7 Å². The van der Waals surface area contributed by atoms with Crippen LogP contribution in [-0.4, -0.2) is 61.7 Å². The summed E-state index contributed by atoms with van der Waals surface area (Å²) in [5, 5.41) is 6.00. The molecule has 1 fully saturated rings. The maximum absolute atomic E-state index is 12.9. The highest BCUT2D eigenvalue weighted by Crippen LogP contribution is 2.23. The maximum atomic E-state index is 12.9. The van der Waals surface area contributed by atoms with Crippen LogP contribution in [-0.2, 0) is 11.3 Å². The average Bonchev–Trinajstić information content (AvgIpc) is 3.15. The number of hydrogen-bond donors (Lipinski definition) is 1. The van der Waals surface area contributed by atoms with Gasteiger partial charge in [0.2, 0.25) is 11.9 Å². The number of nitrogens with one attached hydrogen (secondary N) is 1.